The van der Waals surface area contributed by atoms with Crippen LogP contribution in [0.3, 0.4) is 0 Å². The van der Waals surface area contributed by atoms with Gasteiger partial charge in [0.2, 0.25) is 6.41 Å². The van der Waals surface area contributed by atoms with E-state index in [4.69, 9.17) is 15.3 Å². The number of carbonyl (C=O) groups is 1. The van der Waals surface area contributed by atoms with Crippen LogP contribution in [0.4, 0.5) is 0 Å². The van der Waals surface area contributed by atoms with Crippen molar-refractivity contribution in [2.75, 3.05) is 13.1 Å². The Labute approximate surface area is 96.8 Å². The van der Waals surface area contributed by atoms with Crippen LogP contribution in [0.15, 0.2) is 0 Å². The van der Waals surface area contributed by atoms with Crippen LogP contribution in [-0.4, -0.2) is 42.4 Å². The lowest BCUT2D eigenvalue weighted by atomic mass is 10.2. The molecule has 1 rings (SSSR count). The molecule has 1 aliphatic heterocycles. The molecule has 1 fully saturated rings. The number of hydrogen-bond acceptors (Lipinski definition) is 4. The SMILES string of the molecule is CC(C)(C)ON(C=O)CC1CCC(CN)O1. The Morgan fingerprint density at radius 1 is 1.44 bits per heavy atom. The summed E-state index contributed by atoms with van der Waals surface area (Å²) in [7, 11) is 0. The monoisotopic (exact) mass is 230 g/mol. The van der Waals surface area contributed by atoms with Gasteiger partial charge in [-0.2, -0.15) is 0 Å². The molecule has 2 N–H and O–H groups in total. The highest BCUT2D eigenvalue weighted by Crippen LogP contribution is 2.20. The molecule has 0 saturated carbocycles. The van der Waals surface area contributed by atoms with Crippen LogP contribution in [0.1, 0.15) is 33.6 Å². The van der Waals surface area contributed by atoms with Gasteiger partial charge in [0.25, 0.3) is 0 Å². The molecule has 1 amide bonds. The Bertz CT molecular complexity index is 228. The number of carbonyl (C=O) groups excluding carboxylic acids is 1. The standard InChI is InChI=1S/C11H22N2O3/c1-11(2,3)16-13(8-14)7-10-5-4-9(6-12)15-10/h8-10H,4-7,12H2,1-3H3. The van der Waals surface area contributed by atoms with Crippen molar-refractivity contribution in [2.24, 2.45) is 5.73 Å². The zero-order chi connectivity index (χ0) is 12.2. The molecule has 2 unspecified atom stereocenters. The first-order chi connectivity index (χ1) is 7.44. The van der Waals surface area contributed by atoms with Crippen LogP contribution < -0.4 is 5.73 Å². The smallest absolute Gasteiger partial charge is 0.233 e. The van der Waals surface area contributed by atoms with Gasteiger partial charge in [-0.15, -0.1) is 0 Å². The predicted molar refractivity (Wildman–Crippen MR) is 60.6 cm³/mol. The van der Waals surface area contributed by atoms with Gasteiger partial charge in [-0.1, -0.05) is 0 Å². The first-order valence-corrected chi connectivity index (χ1v) is 5.71. The highest BCUT2D eigenvalue weighted by atomic mass is 16.7. The fourth-order valence-corrected chi connectivity index (χ4v) is 1.74. The summed E-state index contributed by atoms with van der Waals surface area (Å²) in [5, 5.41) is 1.31. The van der Waals surface area contributed by atoms with E-state index in [0.717, 1.165) is 12.8 Å². The molecule has 0 aromatic rings. The van der Waals surface area contributed by atoms with Gasteiger partial charge in [0.05, 0.1) is 24.4 Å². The Morgan fingerprint density at radius 2 is 2.06 bits per heavy atom. The van der Waals surface area contributed by atoms with E-state index in [0.29, 0.717) is 19.5 Å². The number of amides is 1. The molecule has 2 atom stereocenters. The fraction of sp³-hybridized carbons (Fsp3) is 0.909. The Balaban J connectivity index is 2.37. The summed E-state index contributed by atoms with van der Waals surface area (Å²) in [5.74, 6) is 0. The normalized spacial score (nSPS) is 25.8. The molecular formula is C11H22N2O3. The van der Waals surface area contributed by atoms with E-state index in [1.54, 1.807) is 0 Å². The van der Waals surface area contributed by atoms with Crippen molar-refractivity contribution in [3.05, 3.63) is 0 Å². The van der Waals surface area contributed by atoms with E-state index >= 15 is 0 Å². The quantitative estimate of drug-likeness (QED) is 0.557. The van der Waals surface area contributed by atoms with Crippen LogP contribution in [-0.2, 0) is 14.4 Å². The molecule has 5 heteroatoms. The molecular weight excluding hydrogens is 208 g/mol. The highest BCUT2D eigenvalue weighted by molar-refractivity contribution is 5.45. The lowest BCUT2D eigenvalue weighted by Crippen LogP contribution is -2.38. The largest absolute Gasteiger partial charge is 0.372 e. The zero-order valence-corrected chi connectivity index (χ0v) is 10.3. The van der Waals surface area contributed by atoms with Gasteiger partial charge in [-0.3, -0.25) is 9.63 Å². The number of hydrogen-bond donors (Lipinski definition) is 1. The van der Waals surface area contributed by atoms with Gasteiger partial charge in [0, 0.05) is 6.54 Å². The van der Waals surface area contributed by atoms with Gasteiger partial charge < -0.3 is 10.5 Å². The molecule has 1 saturated heterocycles. The summed E-state index contributed by atoms with van der Waals surface area (Å²) >= 11 is 0. The maximum Gasteiger partial charge on any atom is 0.233 e. The van der Waals surface area contributed by atoms with Crippen LogP contribution in [0.25, 0.3) is 0 Å². The molecule has 0 spiro atoms. The summed E-state index contributed by atoms with van der Waals surface area (Å²) in [6, 6.07) is 0. The van der Waals surface area contributed by atoms with Crippen molar-refractivity contribution < 1.29 is 14.4 Å². The number of rotatable bonds is 5. The molecule has 0 bridgehead atoms. The Kier molecular flexibility index (Phi) is 4.70. The predicted octanol–water partition coefficient (Wildman–Crippen LogP) is 0.681. The second-order valence-corrected chi connectivity index (χ2v) is 5.10. The molecule has 1 heterocycles. The van der Waals surface area contributed by atoms with E-state index in [1.807, 2.05) is 20.8 Å². The van der Waals surface area contributed by atoms with Crippen LogP contribution in [0.2, 0.25) is 0 Å². The third kappa shape index (κ3) is 4.47. The average Bonchev–Trinajstić information content (AvgIpc) is 2.62. The minimum absolute atomic E-state index is 0.0427. The molecule has 0 aromatic carbocycles. The van der Waals surface area contributed by atoms with E-state index in [1.165, 1.54) is 5.06 Å². The van der Waals surface area contributed by atoms with Crippen LogP contribution in [0, 0.1) is 0 Å². The molecule has 0 radical (unpaired) electrons. The van der Waals surface area contributed by atoms with E-state index in [9.17, 15) is 4.79 Å². The van der Waals surface area contributed by atoms with E-state index in [-0.39, 0.29) is 17.8 Å². The third-order valence-corrected chi connectivity index (χ3v) is 2.35. The number of ether oxygens (including phenoxy) is 1. The van der Waals surface area contributed by atoms with Crippen molar-refractivity contribution in [1.29, 1.82) is 0 Å². The molecule has 0 aliphatic carbocycles. The molecule has 0 aromatic heterocycles. The first-order valence-electron chi connectivity index (χ1n) is 5.71. The van der Waals surface area contributed by atoms with Crippen molar-refractivity contribution in [2.45, 2.75) is 51.4 Å². The minimum Gasteiger partial charge on any atom is -0.372 e. The van der Waals surface area contributed by atoms with Crippen molar-refractivity contribution in [3.8, 4) is 0 Å². The molecule has 16 heavy (non-hydrogen) atoms. The summed E-state index contributed by atoms with van der Waals surface area (Å²) in [6.07, 6.45) is 2.77. The van der Waals surface area contributed by atoms with Gasteiger partial charge in [-0.05, 0) is 33.6 Å². The second-order valence-electron chi connectivity index (χ2n) is 5.10. The summed E-state index contributed by atoms with van der Waals surface area (Å²) < 4.78 is 5.65. The maximum absolute atomic E-state index is 10.8. The summed E-state index contributed by atoms with van der Waals surface area (Å²) in [6.45, 7) is 6.72. The summed E-state index contributed by atoms with van der Waals surface area (Å²) in [5.41, 5.74) is 5.15. The van der Waals surface area contributed by atoms with E-state index < -0.39 is 0 Å². The molecule has 94 valence electrons. The van der Waals surface area contributed by atoms with E-state index in [2.05, 4.69) is 0 Å². The number of hydroxylamine groups is 2. The van der Waals surface area contributed by atoms with Gasteiger partial charge >= 0.3 is 0 Å². The molecule has 5 nitrogen and oxygen atoms in total. The van der Waals surface area contributed by atoms with Crippen molar-refractivity contribution in [3.63, 3.8) is 0 Å². The second kappa shape index (κ2) is 5.61. The van der Waals surface area contributed by atoms with Gasteiger partial charge in [0.1, 0.15) is 0 Å². The Morgan fingerprint density at radius 3 is 2.50 bits per heavy atom. The van der Waals surface area contributed by atoms with Crippen LogP contribution >= 0.6 is 0 Å². The highest BCUT2D eigenvalue weighted by Gasteiger charge is 2.27. The first kappa shape index (κ1) is 13.4. The molecule has 1 aliphatic rings. The lowest BCUT2D eigenvalue weighted by Gasteiger charge is -2.28. The third-order valence-electron chi connectivity index (χ3n) is 2.35. The summed E-state index contributed by atoms with van der Waals surface area (Å²) in [4.78, 5) is 16.3. The topological polar surface area (TPSA) is 64.8 Å². The lowest BCUT2D eigenvalue weighted by molar-refractivity contribution is -0.224. The van der Waals surface area contributed by atoms with Crippen molar-refractivity contribution in [1.82, 2.24) is 5.06 Å². The van der Waals surface area contributed by atoms with Crippen LogP contribution in [0.5, 0.6) is 0 Å². The van der Waals surface area contributed by atoms with Crippen molar-refractivity contribution >= 4 is 6.41 Å². The average molecular weight is 230 g/mol. The van der Waals surface area contributed by atoms with Gasteiger partial charge in [-0.25, -0.2) is 5.06 Å². The maximum atomic E-state index is 10.8. The Hall–Kier alpha value is -0.650. The number of nitrogens with two attached hydrogens (primary N) is 1. The van der Waals surface area contributed by atoms with Gasteiger partial charge in [0.15, 0.2) is 0 Å². The number of nitrogens with zero attached hydrogens (tertiary/aromatic N) is 1. The zero-order valence-electron chi connectivity index (χ0n) is 10.3. The fourth-order valence-electron chi connectivity index (χ4n) is 1.74. The minimum atomic E-state index is -0.368.